The average molecular weight is 318 g/mol. The van der Waals surface area contributed by atoms with Crippen molar-refractivity contribution in [3.63, 3.8) is 0 Å². The van der Waals surface area contributed by atoms with E-state index in [2.05, 4.69) is 52.8 Å². The zero-order chi connectivity index (χ0) is 16.2. The highest BCUT2D eigenvalue weighted by Crippen LogP contribution is 2.35. The summed E-state index contributed by atoms with van der Waals surface area (Å²) in [5.74, 6) is 1.61. The molecule has 4 heteroatoms. The molecular weight excluding hydrogens is 300 g/mol. The average Bonchev–Trinajstić information content (AvgIpc) is 3.12. The maximum absolute atomic E-state index is 5.53. The zero-order valence-corrected chi connectivity index (χ0v) is 13.2. The molecule has 4 rings (SSSR count). The van der Waals surface area contributed by atoms with E-state index in [1.165, 1.54) is 5.56 Å². The predicted octanol–water partition coefficient (Wildman–Crippen LogP) is 3.69. The van der Waals surface area contributed by atoms with Gasteiger partial charge in [0.05, 0.1) is 6.04 Å². The minimum absolute atomic E-state index is 0.0703. The summed E-state index contributed by atoms with van der Waals surface area (Å²) in [6.45, 7) is 1.03. The van der Waals surface area contributed by atoms with Crippen LogP contribution in [0.15, 0.2) is 73.1 Å². The lowest BCUT2D eigenvalue weighted by Gasteiger charge is -2.20. The minimum Gasteiger partial charge on any atom is -0.454 e. The normalized spacial score (nSPS) is 13.7. The fourth-order valence-corrected chi connectivity index (χ4v) is 2.89. The summed E-state index contributed by atoms with van der Waals surface area (Å²) in [6, 6.07) is 20.6. The smallest absolute Gasteiger partial charge is 0.231 e. The molecule has 1 aliphatic heterocycles. The summed E-state index contributed by atoms with van der Waals surface area (Å²) >= 11 is 0. The van der Waals surface area contributed by atoms with Crippen molar-refractivity contribution in [2.75, 3.05) is 6.79 Å². The molecule has 4 nitrogen and oxygen atoms in total. The molecule has 1 atom stereocenters. The Morgan fingerprint density at radius 2 is 1.79 bits per heavy atom. The fourth-order valence-electron chi connectivity index (χ4n) is 2.89. The molecule has 0 saturated carbocycles. The van der Waals surface area contributed by atoms with Gasteiger partial charge in [-0.3, -0.25) is 4.98 Å². The van der Waals surface area contributed by atoms with E-state index >= 15 is 0 Å². The second-order valence-corrected chi connectivity index (χ2v) is 5.70. The van der Waals surface area contributed by atoms with Crippen LogP contribution in [0.25, 0.3) is 0 Å². The van der Waals surface area contributed by atoms with Gasteiger partial charge in [-0.1, -0.05) is 42.5 Å². The lowest BCUT2D eigenvalue weighted by molar-refractivity contribution is 0.174. The Balaban J connectivity index is 1.63. The van der Waals surface area contributed by atoms with E-state index in [1.54, 1.807) is 6.20 Å². The van der Waals surface area contributed by atoms with Gasteiger partial charge in [-0.05, 0) is 34.9 Å². The molecule has 0 radical (unpaired) electrons. The molecule has 120 valence electrons. The largest absolute Gasteiger partial charge is 0.454 e. The molecule has 0 spiro atoms. The molecule has 0 bridgehead atoms. The Morgan fingerprint density at radius 1 is 0.917 bits per heavy atom. The number of nitrogens with zero attached hydrogens (tertiary/aromatic N) is 1. The summed E-state index contributed by atoms with van der Waals surface area (Å²) in [4.78, 5) is 4.18. The molecule has 2 aromatic carbocycles. The van der Waals surface area contributed by atoms with Crippen molar-refractivity contribution < 1.29 is 9.47 Å². The van der Waals surface area contributed by atoms with Crippen molar-refractivity contribution in [2.45, 2.75) is 12.6 Å². The zero-order valence-electron chi connectivity index (χ0n) is 13.2. The molecule has 1 aliphatic rings. The van der Waals surface area contributed by atoms with Crippen LogP contribution in [0.2, 0.25) is 0 Å². The van der Waals surface area contributed by atoms with E-state index in [9.17, 15) is 0 Å². The summed E-state index contributed by atoms with van der Waals surface area (Å²) in [5.41, 5.74) is 3.51. The van der Waals surface area contributed by atoms with E-state index in [1.807, 2.05) is 24.4 Å². The summed E-state index contributed by atoms with van der Waals surface area (Å²) in [5, 5.41) is 3.62. The van der Waals surface area contributed by atoms with Gasteiger partial charge in [0.1, 0.15) is 0 Å². The molecule has 0 aliphatic carbocycles. The van der Waals surface area contributed by atoms with Crippen LogP contribution >= 0.6 is 0 Å². The van der Waals surface area contributed by atoms with Gasteiger partial charge in [0, 0.05) is 18.9 Å². The van der Waals surface area contributed by atoms with Gasteiger partial charge in [0.25, 0.3) is 0 Å². The SMILES string of the molecule is c1ccc(C(NCc2cccnc2)c2ccc3c(c2)OCO3)cc1. The van der Waals surface area contributed by atoms with Crippen molar-refractivity contribution in [2.24, 2.45) is 0 Å². The monoisotopic (exact) mass is 318 g/mol. The van der Waals surface area contributed by atoms with Gasteiger partial charge in [-0.15, -0.1) is 0 Å². The van der Waals surface area contributed by atoms with Crippen LogP contribution in [-0.4, -0.2) is 11.8 Å². The van der Waals surface area contributed by atoms with Crippen molar-refractivity contribution in [3.8, 4) is 11.5 Å². The predicted molar refractivity (Wildman–Crippen MR) is 91.9 cm³/mol. The second-order valence-electron chi connectivity index (χ2n) is 5.70. The third-order valence-corrected chi connectivity index (χ3v) is 4.10. The first-order valence-electron chi connectivity index (χ1n) is 7.97. The summed E-state index contributed by atoms with van der Waals surface area (Å²) < 4.78 is 10.9. The maximum atomic E-state index is 5.53. The van der Waals surface area contributed by atoms with Gasteiger partial charge in [0.2, 0.25) is 6.79 Å². The van der Waals surface area contributed by atoms with Crippen molar-refractivity contribution in [1.82, 2.24) is 10.3 Å². The number of benzene rings is 2. The highest BCUT2D eigenvalue weighted by Gasteiger charge is 2.19. The topological polar surface area (TPSA) is 43.4 Å². The van der Waals surface area contributed by atoms with Gasteiger partial charge >= 0.3 is 0 Å². The molecule has 0 fully saturated rings. The van der Waals surface area contributed by atoms with Crippen LogP contribution in [0.1, 0.15) is 22.7 Å². The van der Waals surface area contributed by atoms with Crippen LogP contribution in [-0.2, 0) is 6.54 Å². The van der Waals surface area contributed by atoms with Gasteiger partial charge < -0.3 is 14.8 Å². The van der Waals surface area contributed by atoms with Gasteiger partial charge in [-0.2, -0.15) is 0 Å². The third-order valence-electron chi connectivity index (χ3n) is 4.10. The second kappa shape index (κ2) is 6.72. The standard InChI is InChI=1S/C20H18N2O2/c1-2-6-16(7-3-1)20(22-13-15-5-4-10-21-12-15)17-8-9-18-19(11-17)24-14-23-18/h1-12,20,22H,13-14H2. The number of aromatic nitrogens is 1. The minimum atomic E-state index is 0.0703. The Labute approximate surface area is 141 Å². The first-order valence-corrected chi connectivity index (χ1v) is 7.97. The van der Waals surface area contributed by atoms with Crippen LogP contribution in [0.4, 0.5) is 0 Å². The highest BCUT2D eigenvalue weighted by molar-refractivity contribution is 5.47. The first kappa shape index (κ1) is 14.7. The molecule has 1 N–H and O–H groups in total. The Hall–Kier alpha value is -2.85. The number of pyridine rings is 1. The van der Waals surface area contributed by atoms with Crippen LogP contribution in [0.5, 0.6) is 11.5 Å². The molecule has 0 saturated heterocycles. The third kappa shape index (κ3) is 3.09. The van der Waals surface area contributed by atoms with Gasteiger partial charge in [-0.25, -0.2) is 0 Å². The summed E-state index contributed by atoms with van der Waals surface area (Å²) in [6.07, 6.45) is 3.67. The Kier molecular flexibility index (Phi) is 4.13. The number of nitrogens with one attached hydrogen (secondary N) is 1. The Bertz CT molecular complexity index is 806. The molecule has 0 amide bonds. The number of rotatable bonds is 5. The van der Waals surface area contributed by atoms with E-state index < -0.39 is 0 Å². The van der Waals surface area contributed by atoms with E-state index in [0.717, 1.165) is 29.2 Å². The quantitative estimate of drug-likeness (QED) is 0.779. The lowest BCUT2D eigenvalue weighted by atomic mass is 9.98. The lowest BCUT2D eigenvalue weighted by Crippen LogP contribution is -2.22. The number of hydrogen-bond acceptors (Lipinski definition) is 4. The fraction of sp³-hybridized carbons (Fsp3) is 0.150. The molecule has 1 unspecified atom stereocenters. The van der Waals surface area contributed by atoms with E-state index in [-0.39, 0.29) is 12.8 Å². The van der Waals surface area contributed by atoms with E-state index in [4.69, 9.17) is 9.47 Å². The van der Waals surface area contributed by atoms with Crippen LogP contribution in [0.3, 0.4) is 0 Å². The van der Waals surface area contributed by atoms with Crippen LogP contribution < -0.4 is 14.8 Å². The van der Waals surface area contributed by atoms with Crippen molar-refractivity contribution in [1.29, 1.82) is 0 Å². The molecule has 24 heavy (non-hydrogen) atoms. The maximum Gasteiger partial charge on any atom is 0.231 e. The Morgan fingerprint density at radius 3 is 2.62 bits per heavy atom. The van der Waals surface area contributed by atoms with E-state index in [0.29, 0.717) is 0 Å². The molecular formula is C20H18N2O2. The van der Waals surface area contributed by atoms with Crippen molar-refractivity contribution >= 4 is 0 Å². The number of hydrogen-bond donors (Lipinski definition) is 1. The van der Waals surface area contributed by atoms with Crippen LogP contribution in [0, 0.1) is 0 Å². The highest BCUT2D eigenvalue weighted by atomic mass is 16.7. The number of fused-ring (bicyclic) bond motifs is 1. The van der Waals surface area contributed by atoms with Gasteiger partial charge in [0.15, 0.2) is 11.5 Å². The molecule has 2 heterocycles. The van der Waals surface area contributed by atoms with Crippen molar-refractivity contribution in [3.05, 3.63) is 89.7 Å². The molecule has 3 aromatic rings. The summed E-state index contributed by atoms with van der Waals surface area (Å²) in [7, 11) is 0. The number of ether oxygens (including phenoxy) is 2. The molecule has 1 aromatic heterocycles. The first-order chi connectivity index (χ1) is 11.9.